The molecule has 2 aliphatic rings. The van der Waals surface area contributed by atoms with Gasteiger partial charge in [-0.2, -0.15) is 0 Å². The minimum absolute atomic E-state index is 0.165. The predicted molar refractivity (Wildman–Crippen MR) is 215 cm³/mol. The van der Waals surface area contributed by atoms with E-state index in [0.29, 0.717) is 12.8 Å². The highest BCUT2D eigenvalue weighted by molar-refractivity contribution is 5.70. The molecule has 0 bridgehead atoms. The van der Waals surface area contributed by atoms with Crippen molar-refractivity contribution in [1.82, 2.24) is 0 Å². The normalized spacial score (nSPS) is 28.2. The molecular formula is C43H78O15. The fourth-order valence-corrected chi connectivity index (χ4v) is 6.97. The third-order valence-electron chi connectivity index (χ3n) is 10.7. The summed E-state index contributed by atoms with van der Waals surface area (Å²) in [5.41, 5.74) is 0. The number of unbranched alkanes of at least 4 members (excludes halogenated alkanes) is 17. The maximum Gasteiger partial charge on any atom is 0.306 e. The van der Waals surface area contributed by atoms with Gasteiger partial charge in [-0.1, -0.05) is 116 Å². The molecule has 0 aromatic rings. The number of hydrogen-bond acceptors (Lipinski definition) is 15. The number of carbonyl (C=O) groups is 2. The Bertz CT molecular complexity index is 1080. The largest absolute Gasteiger partial charge is 0.462 e. The van der Waals surface area contributed by atoms with Crippen LogP contribution in [0.1, 0.15) is 155 Å². The summed E-state index contributed by atoms with van der Waals surface area (Å²) < 4.78 is 33.3. The van der Waals surface area contributed by atoms with Gasteiger partial charge < -0.3 is 64.2 Å². The second kappa shape index (κ2) is 32.0. The van der Waals surface area contributed by atoms with Gasteiger partial charge in [-0.3, -0.25) is 9.59 Å². The first-order valence-electron chi connectivity index (χ1n) is 22.3. The molecule has 4 unspecified atom stereocenters. The molecule has 0 aromatic carbocycles. The molecule has 2 saturated heterocycles. The highest BCUT2D eigenvalue weighted by Crippen LogP contribution is 2.26. The van der Waals surface area contributed by atoms with Crippen LogP contribution in [0.2, 0.25) is 0 Å². The Balaban J connectivity index is 1.83. The second-order valence-electron chi connectivity index (χ2n) is 15.9. The van der Waals surface area contributed by atoms with Crippen molar-refractivity contribution in [3.8, 4) is 0 Å². The molecule has 0 amide bonds. The highest BCUT2D eigenvalue weighted by atomic mass is 16.7. The van der Waals surface area contributed by atoms with Crippen LogP contribution in [0.5, 0.6) is 0 Å². The Morgan fingerprint density at radius 1 is 0.534 bits per heavy atom. The molecule has 15 heteroatoms. The summed E-state index contributed by atoms with van der Waals surface area (Å²) in [6, 6.07) is 0. The number of aliphatic hydroxyl groups excluding tert-OH is 7. The van der Waals surface area contributed by atoms with Gasteiger partial charge in [0.15, 0.2) is 18.7 Å². The Morgan fingerprint density at radius 3 is 1.52 bits per heavy atom. The van der Waals surface area contributed by atoms with Gasteiger partial charge >= 0.3 is 11.9 Å². The van der Waals surface area contributed by atoms with Crippen molar-refractivity contribution in [2.45, 2.75) is 223 Å². The van der Waals surface area contributed by atoms with Crippen LogP contribution in [0.3, 0.4) is 0 Å². The first-order valence-corrected chi connectivity index (χ1v) is 22.3. The summed E-state index contributed by atoms with van der Waals surface area (Å²) in [7, 11) is 0. The number of ether oxygens (including phenoxy) is 6. The van der Waals surface area contributed by atoms with E-state index in [4.69, 9.17) is 28.4 Å². The van der Waals surface area contributed by atoms with Crippen molar-refractivity contribution in [2.75, 3.05) is 26.4 Å². The maximum atomic E-state index is 12.8. The van der Waals surface area contributed by atoms with E-state index < -0.39 is 92.7 Å². The second-order valence-corrected chi connectivity index (χ2v) is 15.9. The molecule has 7 N–H and O–H groups in total. The maximum absolute atomic E-state index is 12.8. The van der Waals surface area contributed by atoms with E-state index in [9.17, 15) is 45.3 Å². The van der Waals surface area contributed by atoms with E-state index in [-0.39, 0.29) is 26.1 Å². The number of esters is 2. The molecule has 11 atom stereocenters. The lowest BCUT2D eigenvalue weighted by Crippen LogP contribution is -2.61. The first-order chi connectivity index (χ1) is 28.0. The molecular weight excluding hydrogens is 756 g/mol. The quantitative estimate of drug-likeness (QED) is 0.0278. The average molecular weight is 835 g/mol. The van der Waals surface area contributed by atoms with Gasteiger partial charge in [-0.25, -0.2) is 0 Å². The molecule has 15 nitrogen and oxygen atoms in total. The predicted octanol–water partition coefficient (Wildman–Crippen LogP) is 4.26. The van der Waals surface area contributed by atoms with Crippen LogP contribution in [-0.2, 0) is 38.0 Å². The van der Waals surface area contributed by atoms with Crippen LogP contribution in [0.25, 0.3) is 0 Å². The highest BCUT2D eigenvalue weighted by Gasteiger charge is 2.47. The van der Waals surface area contributed by atoms with Gasteiger partial charge in [0.25, 0.3) is 0 Å². The van der Waals surface area contributed by atoms with Gasteiger partial charge in [0.05, 0.1) is 19.8 Å². The zero-order valence-electron chi connectivity index (χ0n) is 35.3. The standard InChI is InChI=1S/C43H78O15/c1-3-5-7-9-11-12-13-14-15-16-17-18-20-21-23-25-34(45)53-28-31(56-35(46)26-24-22-19-10-8-6-4-2)29-54-42-41(52)39(50)37(48)33(58-42)30-55-43-40(51)38(49)36(47)32(27-44)57-43/h14-15,31-33,36-44,47-52H,3-13,16-30H2,1-2H3/b15-14+/t31-,32-,33-,36+,37+,38?,39?,40?,41?,42-,43-/m1/s1. The number of allylic oxidation sites excluding steroid dienone is 2. The number of hydrogen-bond donors (Lipinski definition) is 7. The summed E-state index contributed by atoms with van der Waals surface area (Å²) in [6.07, 6.45) is 10.0. The van der Waals surface area contributed by atoms with Crippen LogP contribution in [0, 0.1) is 0 Å². The molecule has 2 aliphatic heterocycles. The van der Waals surface area contributed by atoms with E-state index in [2.05, 4.69) is 26.0 Å². The molecule has 0 radical (unpaired) electrons. The third kappa shape index (κ3) is 21.2. The summed E-state index contributed by atoms with van der Waals surface area (Å²) in [5, 5.41) is 71.6. The van der Waals surface area contributed by atoms with E-state index in [1.54, 1.807) is 0 Å². The fourth-order valence-electron chi connectivity index (χ4n) is 6.97. The fraction of sp³-hybridized carbons (Fsp3) is 0.907. The molecule has 2 fully saturated rings. The lowest BCUT2D eigenvalue weighted by molar-refractivity contribution is -0.332. The average Bonchev–Trinajstić information content (AvgIpc) is 3.21. The van der Waals surface area contributed by atoms with Crippen molar-refractivity contribution >= 4 is 11.9 Å². The molecule has 2 heterocycles. The number of rotatable bonds is 33. The smallest absolute Gasteiger partial charge is 0.306 e. The molecule has 0 aliphatic carbocycles. The lowest BCUT2D eigenvalue weighted by Gasteiger charge is -2.42. The SMILES string of the molecule is CCCCCCCC/C=C/CCCCCCCC(=O)OC[C@H](CO[C@@H]1O[C@H](CO[C@@H]2O[C@H](CO)[C@H](O)C(O)C2O)[C@H](O)C(O)C1O)OC(=O)CCCCCCCCC. The topological polar surface area (TPSA) is 231 Å². The van der Waals surface area contributed by atoms with Crippen LogP contribution < -0.4 is 0 Å². The van der Waals surface area contributed by atoms with Crippen molar-refractivity contribution in [3.63, 3.8) is 0 Å². The van der Waals surface area contributed by atoms with E-state index >= 15 is 0 Å². The molecule has 340 valence electrons. The zero-order valence-corrected chi connectivity index (χ0v) is 35.3. The molecule has 2 rings (SSSR count). The summed E-state index contributed by atoms with van der Waals surface area (Å²) in [5.74, 6) is -0.939. The first kappa shape index (κ1) is 52.4. The van der Waals surface area contributed by atoms with Crippen LogP contribution in [-0.4, -0.2) is 142 Å². The van der Waals surface area contributed by atoms with Crippen LogP contribution in [0.15, 0.2) is 12.2 Å². The molecule has 0 aromatic heterocycles. The van der Waals surface area contributed by atoms with Crippen molar-refractivity contribution in [1.29, 1.82) is 0 Å². The van der Waals surface area contributed by atoms with Gasteiger partial charge in [0.1, 0.15) is 55.4 Å². The Kier molecular flexibility index (Phi) is 28.9. The Labute approximate surface area is 346 Å². The molecule has 58 heavy (non-hydrogen) atoms. The van der Waals surface area contributed by atoms with Crippen molar-refractivity contribution in [3.05, 3.63) is 12.2 Å². The molecule has 0 spiro atoms. The van der Waals surface area contributed by atoms with Gasteiger partial charge in [0, 0.05) is 12.8 Å². The lowest BCUT2D eigenvalue weighted by atomic mass is 9.98. The van der Waals surface area contributed by atoms with E-state index in [1.807, 2.05) is 0 Å². The zero-order chi connectivity index (χ0) is 42.5. The summed E-state index contributed by atoms with van der Waals surface area (Å²) in [6.45, 7) is 2.50. The minimum Gasteiger partial charge on any atom is -0.462 e. The van der Waals surface area contributed by atoms with E-state index in [0.717, 1.165) is 70.6 Å². The summed E-state index contributed by atoms with van der Waals surface area (Å²) >= 11 is 0. The minimum atomic E-state index is -1.76. The Hall–Kier alpha value is -1.76. The number of aliphatic hydroxyl groups is 7. The van der Waals surface area contributed by atoms with Crippen molar-refractivity contribution < 1.29 is 73.8 Å². The monoisotopic (exact) mass is 835 g/mol. The summed E-state index contributed by atoms with van der Waals surface area (Å²) in [4.78, 5) is 25.4. The van der Waals surface area contributed by atoms with Crippen LogP contribution in [0.4, 0.5) is 0 Å². The molecule has 0 saturated carbocycles. The van der Waals surface area contributed by atoms with Crippen LogP contribution >= 0.6 is 0 Å². The van der Waals surface area contributed by atoms with Gasteiger partial charge in [-0.05, 0) is 38.5 Å². The number of carbonyl (C=O) groups excluding carboxylic acids is 2. The van der Waals surface area contributed by atoms with Gasteiger partial charge in [-0.15, -0.1) is 0 Å². The van der Waals surface area contributed by atoms with Gasteiger partial charge in [0.2, 0.25) is 0 Å². The van der Waals surface area contributed by atoms with Crippen molar-refractivity contribution in [2.24, 2.45) is 0 Å². The third-order valence-corrected chi connectivity index (χ3v) is 10.7. The van der Waals surface area contributed by atoms with E-state index in [1.165, 1.54) is 44.9 Å². The Morgan fingerprint density at radius 2 is 0.983 bits per heavy atom.